The van der Waals surface area contributed by atoms with Gasteiger partial charge in [0.05, 0.1) is 0 Å². The first-order valence-electron chi connectivity index (χ1n) is 8.03. The van der Waals surface area contributed by atoms with Crippen LogP contribution in [0.3, 0.4) is 0 Å². The smallest absolute Gasteiger partial charge is 0.274 e. The molecule has 0 atom stereocenters. The summed E-state index contributed by atoms with van der Waals surface area (Å²) in [5.41, 5.74) is 2.75. The summed E-state index contributed by atoms with van der Waals surface area (Å²) in [5, 5.41) is 2.72. The maximum atomic E-state index is 13.0. The van der Waals surface area contributed by atoms with E-state index in [1.54, 1.807) is 12.3 Å². The Morgan fingerprint density at radius 2 is 1.76 bits per heavy atom. The molecule has 0 saturated carbocycles. The summed E-state index contributed by atoms with van der Waals surface area (Å²) >= 11 is 0. The lowest BCUT2D eigenvalue weighted by Crippen LogP contribution is -2.18. The minimum Gasteiger partial charge on any atom is -0.342 e. The van der Waals surface area contributed by atoms with Crippen molar-refractivity contribution in [1.29, 1.82) is 0 Å². The van der Waals surface area contributed by atoms with Gasteiger partial charge in [0, 0.05) is 29.8 Å². The lowest BCUT2D eigenvalue weighted by molar-refractivity contribution is 0.102. The van der Waals surface area contributed by atoms with Gasteiger partial charge >= 0.3 is 0 Å². The van der Waals surface area contributed by atoms with Gasteiger partial charge in [0.1, 0.15) is 11.5 Å². The van der Waals surface area contributed by atoms with Gasteiger partial charge in [-0.1, -0.05) is 18.2 Å². The second kappa shape index (κ2) is 7.57. The van der Waals surface area contributed by atoms with Crippen molar-refractivity contribution in [1.82, 2.24) is 4.98 Å². The van der Waals surface area contributed by atoms with Crippen LogP contribution in [0.25, 0.3) is 0 Å². The Bertz CT molecular complexity index is 850. The molecule has 0 spiro atoms. The zero-order valence-electron chi connectivity index (χ0n) is 13.8. The van der Waals surface area contributed by atoms with Crippen molar-refractivity contribution >= 4 is 23.0 Å². The van der Waals surface area contributed by atoms with Gasteiger partial charge in [0.15, 0.2) is 0 Å². The molecule has 25 heavy (non-hydrogen) atoms. The Hall–Kier alpha value is -3.21. The number of aromatic nitrogens is 1. The summed E-state index contributed by atoms with van der Waals surface area (Å²) in [7, 11) is 0. The molecule has 0 bridgehead atoms. The number of carbonyl (C=O) groups excluding carboxylic acids is 1. The molecular formula is C20H18FN3O. The van der Waals surface area contributed by atoms with Crippen LogP contribution in [0.5, 0.6) is 0 Å². The number of pyridine rings is 1. The Morgan fingerprint density at radius 1 is 1.04 bits per heavy atom. The highest BCUT2D eigenvalue weighted by Crippen LogP contribution is 2.25. The van der Waals surface area contributed by atoms with Crippen molar-refractivity contribution in [3.63, 3.8) is 0 Å². The van der Waals surface area contributed by atoms with Crippen LogP contribution < -0.4 is 10.2 Å². The molecule has 1 N–H and O–H groups in total. The summed E-state index contributed by atoms with van der Waals surface area (Å²) in [6.45, 7) is 2.80. The van der Waals surface area contributed by atoms with Crippen LogP contribution in [0, 0.1) is 5.82 Å². The maximum absolute atomic E-state index is 13.0. The van der Waals surface area contributed by atoms with Crippen LogP contribution in [-0.4, -0.2) is 17.4 Å². The second-order valence-corrected chi connectivity index (χ2v) is 5.44. The third kappa shape index (κ3) is 4.01. The van der Waals surface area contributed by atoms with Crippen LogP contribution >= 0.6 is 0 Å². The van der Waals surface area contributed by atoms with Gasteiger partial charge in [-0.15, -0.1) is 0 Å². The van der Waals surface area contributed by atoms with Crippen molar-refractivity contribution in [2.45, 2.75) is 6.92 Å². The topological polar surface area (TPSA) is 45.2 Å². The summed E-state index contributed by atoms with van der Waals surface area (Å²) in [4.78, 5) is 18.7. The lowest BCUT2D eigenvalue weighted by atomic mass is 10.2. The predicted octanol–water partition coefficient (Wildman–Crippen LogP) is 4.63. The molecule has 0 aliphatic heterocycles. The third-order valence-electron chi connectivity index (χ3n) is 3.77. The summed E-state index contributed by atoms with van der Waals surface area (Å²) < 4.78 is 13.0. The molecule has 2 aromatic carbocycles. The first-order chi connectivity index (χ1) is 12.2. The van der Waals surface area contributed by atoms with E-state index in [9.17, 15) is 9.18 Å². The highest BCUT2D eigenvalue weighted by Gasteiger charge is 2.12. The van der Waals surface area contributed by atoms with Crippen LogP contribution in [-0.2, 0) is 0 Å². The highest BCUT2D eigenvalue weighted by molar-refractivity contribution is 6.03. The molecule has 5 heteroatoms. The molecule has 0 fully saturated rings. The van der Waals surface area contributed by atoms with Crippen molar-refractivity contribution in [2.75, 3.05) is 16.8 Å². The molecule has 0 aliphatic rings. The minimum absolute atomic E-state index is 0.302. The SMILES string of the molecule is CCN(c1ccccc1)c1ccnc(C(=O)Nc2ccc(F)cc2)c1. The Kier molecular flexibility index (Phi) is 5.04. The maximum Gasteiger partial charge on any atom is 0.274 e. The number of amides is 1. The fourth-order valence-corrected chi connectivity index (χ4v) is 2.56. The molecule has 3 rings (SSSR count). The molecule has 0 unspecified atom stereocenters. The average Bonchev–Trinajstić information content (AvgIpc) is 2.65. The molecule has 3 aromatic rings. The zero-order chi connectivity index (χ0) is 17.6. The van der Waals surface area contributed by atoms with E-state index in [1.807, 2.05) is 43.3 Å². The van der Waals surface area contributed by atoms with Crippen molar-refractivity contribution in [3.8, 4) is 0 Å². The molecule has 126 valence electrons. The van der Waals surface area contributed by atoms with Gasteiger partial charge in [0.2, 0.25) is 0 Å². The molecule has 0 aliphatic carbocycles. The van der Waals surface area contributed by atoms with Crippen LogP contribution in [0.1, 0.15) is 17.4 Å². The van der Waals surface area contributed by atoms with Gasteiger partial charge in [-0.2, -0.15) is 0 Å². The normalized spacial score (nSPS) is 10.3. The van der Waals surface area contributed by atoms with Crippen LogP contribution in [0.2, 0.25) is 0 Å². The Balaban J connectivity index is 1.83. The number of para-hydroxylation sites is 1. The van der Waals surface area contributed by atoms with E-state index in [0.717, 1.165) is 17.9 Å². The van der Waals surface area contributed by atoms with E-state index < -0.39 is 0 Å². The molecule has 0 radical (unpaired) electrons. The molecular weight excluding hydrogens is 317 g/mol. The number of carbonyl (C=O) groups is 1. The second-order valence-electron chi connectivity index (χ2n) is 5.44. The van der Waals surface area contributed by atoms with E-state index in [1.165, 1.54) is 24.3 Å². The summed E-state index contributed by atoms with van der Waals surface area (Å²) in [6, 6.07) is 19.2. The van der Waals surface area contributed by atoms with Crippen molar-refractivity contribution in [3.05, 3.63) is 84.4 Å². The highest BCUT2D eigenvalue weighted by atomic mass is 19.1. The molecule has 4 nitrogen and oxygen atoms in total. The quantitative estimate of drug-likeness (QED) is 0.739. The van der Waals surface area contributed by atoms with E-state index in [-0.39, 0.29) is 11.7 Å². The molecule has 1 amide bonds. The fourth-order valence-electron chi connectivity index (χ4n) is 2.56. The number of hydrogen-bond acceptors (Lipinski definition) is 3. The molecule has 1 heterocycles. The average molecular weight is 335 g/mol. The first-order valence-corrected chi connectivity index (χ1v) is 8.03. The van der Waals surface area contributed by atoms with Gasteiger partial charge < -0.3 is 10.2 Å². The van der Waals surface area contributed by atoms with E-state index in [0.29, 0.717) is 11.4 Å². The third-order valence-corrected chi connectivity index (χ3v) is 3.77. The van der Waals surface area contributed by atoms with E-state index in [4.69, 9.17) is 0 Å². The predicted molar refractivity (Wildman–Crippen MR) is 97.7 cm³/mol. The van der Waals surface area contributed by atoms with E-state index in [2.05, 4.69) is 15.2 Å². The Morgan fingerprint density at radius 3 is 2.44 bits per heavy atom. The first kappa shape index (κ1) is 16.6. The van der Waals surface area contributed by atoms with Crippen LogP contribution in [0.15, 0.2) is 72.9 Å². The summed E-state index contributed by atoms with van der Waals surface area (Å²) in [5.74, 6) is -0.683. The number of halogens is 1. The fraction of sp³-hybridized carbons (Fsp3) is 0.100. The Labute approximate surface area is 145 Å². The largest absolute Gasteiger partial charge is 0.342 e. The van der Waals surface area contributed by atoms with Gasteiger partial charge in [-0.3, -0.25) is 9.78 Å². The lowest BCUT2D eigenvalue weighted by Gasteiger charge is -2.23. The van der Waals surface area contributed by atoms with Gasteiger partial charge in [0.25, 0.3) is 5.91 Å². The number of anilines is 3. The summed E-state index contributed by atoms with van der Waals surface area (Å²) in [6.07, 6.45) is 1.61. The number of nitrogens with zero attached hydrogens (tertiary/aromatic N) is 2. The number of nitrogens with one attached hydrogen (secondary N) is 1. The van der Waals surface area contributed by atoms with E-state index >= 15 is 0 Å². The van der Waals surface area contributed by atoms with Gasteiger partial charge in [-0.05, 0) is 55.5 Å². The van der Waals surface area contributed by atoms with Crippen LogP contribution in [0.4, 0.5) is 21.5 Å². The standard InChI is InChI=1S/C20H18FN3O/c1-2-24(17-6-4-3-5-7-17)18-12-13-22-19(14-18)20(25)23-16-10-8-15(21)9-11-16/h3-14H,2H2,1H3,(H,23,25). The zero-order valence-corrected chi connectivity index (χ0v) is 13.8. The monoisotopic (exact) mass is 335 g/mol. The number of benzene rings is 2. The molecule has 0 saturated heterocycles. The minimum atomic E-state index is -0.348. The van der Waals surface area contributed by atoms with Crippen molar-refractivity contribution < 1.29 is 9.18 Å². The number of rotatable bonds is 5. The van der Waals surface area contributed by atoms with Crippen molar-refractivity contribution in [2.24, 2.45) is 0 Å². The number of hydrogen-bond donors (Lipinski definition) is 1. The molecule has 1 aromatic heterocycles. The van der Waals surface area contributed by atoms with Gasteiger partial charge in [-0.25, -0.2) is 4.39 Å².